The molecule has 8 heteroatoms. The summed E-state index contributed by atoms with van der Waals surface area (Å²) in [4.78, 5) is 2.43. The number of hydrogen-bond donors (Lipinski definition) is 1. The average Bonchev–Trinajstić information content (AvgIpc) is 2.67. The maximum atomic E-state index is 13.9. The van der Waals surface area contributed by atoms with Crippen LogP contribution in [0.4, 0.5) is 8.78 Å². The molecule has 5 nitrogen and oxygen atoms in total. The average molecular weight is 430 g/mol. The van der Waals surface area contributed by atoms with Gasteiger partial charge in [-0.25, -0.2) is 21.5 Å². The third-order valence-electron chi connectivity index (χ3n) is 6.60. The van der Waals surface area contributed by atoms with Gasteiger partial charge in [-0.05, 0) is 88.3 Å². The third kappa shape index (κ3) is 6.20. The van der Waals surface area contributed by atoms with Gasteiger partial charge in [0.1, 0.15) is 11.6 Å². The summed E-state index contributed by atoms with van der Waals surface area (Å²) >= 11 is 0. The number of sulfonamides is 1. The van der Waals surface area contributed by atoms with E-state index in [-0.39, 0.29) is 11.8 Å². The molecule has 0 aromatic heterocycles. The molecule has 0 spiro atoms. The molecule has 2 heterocycles. The van der Waals surface area contributed by atoms with Crippen LogP contribution < -0.4 is 5.32 Å². The molecule has 0 saturated carbocycles. The first kappa shape index (κ1) is 22.6. The minimum absolute atomic E-state index is 0.0314. The lowest BCUT2D eigenvalue weighted by atomic mass is 9.78. The topological polar surface area (TPSA) is 52.6 Å². The Morgan fingerprint density at radius 3 is 2.14 bits per heavy atom. The second-order valence-corrected chi connectivity index (χ2v) is 10.5. The van der Waals surface area contributed by atoms with Crippen LogP contribution in [0.25, 0.3) is 0 Å². The summed E-state index contributed by atoms with van der Waals surface area (Å²) in [5, 5.41) is 3.33. The Labute approximate surface area is 173 Å². The molecule has 2 saturated heterocycles. The van der Waals surface area contributed by atoms with Gasteiger partial charge >= 0.3 is 0 Å². The van der Waals surface area contributed by atoms with Gasteiger partial charge in [0, 0.05) is 25.2 Å². The van der Waals surface area contributed by atoms with Gasteiger partial charge < -0.3 is 10.2 Å². The molecule has 1 atom stereocenters. The van der Waals surface area contributed by atoms with Crippen molar-refractivity contribution in [2.45, 2.75) is 44.1 Å². The van der Waals surface area contributed by atoms with Gasteiger partial charge in [0.05, 0.1) is 6.26 Å². The zero-order valence-corrected chi connectivity index (χ0v) is 18.2. The molecule has 164 valence electrons. The molecule has 0 bridgehead atoms. The van der Waals surface area contributed by atoms with Crippen molar-refractivity contribution in [3.8, 4) is 0 Å². The largest absolute Gasteiger partial charge is 0.317 e. The normalized spacial score (nSPS) is 22.1. The van der Waals surface area contributed by atoms with E-state index in [0.717, 1.165) is 57.8 Å². The van der Waals surface area contributed by atoms with E-state index in [1.807, 2.05) is 7.05 Å². The second-order valence-electron chi connectivity index (χ2n) is 8.50. The van der Waals surface area contributed by atoms with Crippen molar-refractivity contribution in [1.82, 2.24) is 14.5 Å². The Hall–Kier alpha value is -1.09. The smallest absolute Gasteiger partial charge is 0.211 e. The van der Waals surface area contributed by atoms with Crippen LogP contribution in [0.5, 0.6) is 0 Å². The first-order valence-corrected chi connectivity index (χ1v) is 12.4. The Kier molecular flexibility index (Phi) is 7.64. The van der Waals surface area contributed by atoms with Gasteiger partial charge in [0.2, 0.25) is 10.0 Å². The van der Waals surface area contributed by atoms with Gasteiger partial charge in [-0.3, -0.25) is 0 Å². The predicted molar refractivity (Wildman–Crippen MR) is 111 cm³/mol. The Balaban J connectivity index is 1.69. The number of rotatable bonds is 7. The summed E-state index contributed by atoms with van der Waals surface area (Å²) in [6.45, 7) is 3.91. The van der Waals surface area contributed by atoms with Crippen LogP contribution in [0.1, 0.15) is 43.6 Å². The second kappa shape index (κ2) is 9.81. The molecule has 2 aliphatic rings. The van der Waals surface area contributed by atoms with Gasteiger partial charge in [-0.2, -0.15) is 0 Å². The van der Waals surface area contributed by atoms with Crippen LogP contribution in [-0.4, -0.2) is 69.7 Å². The summed E-state index contributed by atoms with van der Waals surface area (Å²) in [5.41, 5.74) is 0.699. The quantitative estimate of drug-likeness (QED) is 0.724. The number of piperidine rings is 2. The first-order chi connectivity index (χ1) is 13.8. The number of likely N-dealkylation sites (tertiary alicyclic amines) is 1. The fraction of sp³-hybridized carbons (Fsp3) is 0.714. The molecule has 2 fully saturated rings. The van der Waals surface area contributed by atoms with Crippen LogP contribution in [-0.2, 0) is 10.0 Å². The van der Waals surface area contributed by atoms with E-state index >= 15 is 0 Å². The predicted octanol–water partition coefficient (Wildman–Crippen LogP) is 2.79. The lowest BCUT2D eigenvalue weighted by molar-refractivity contribution is 0.178. The van der Waals surface area contributed by atoms with Gasteiger partial charge in [-0.1, -0.05) is 0 Å². The van der Waals surface area contributed by atoms with Crippen molar-refractivity contribution in [3.63, 3.8) is 0 Å². The minimum Gasteiger partial charge on any atom is -0.317 e. The van der Waals surface area contributed by atoms with E-state index in [0.29, 0.717) is 24.7 Å². The molecular formula is C21H33F2N3O2S. The first-order valence-electron chi connectivity index (χ1n) is 10.6. The van der Waals surface area contributed by atoms with Gasteiger partial charge in [-0.15, -0.1) is 0 Å². The Morgan fingerprint density at radius 2 is 1.62 bits per heavy atom. The minimum atomic E-state index is -3.19. The molecule has 0 radical (unpaired) electrons. The molecule has 0 amide bonds. The van der Waals surface area contributed by atoms with E-state index < -0.39 is 21.7 Å². The van der Waals surface area contributed by atoms with Gasteiger partial charge in [0.25, 0.3) is 0 Å². The van der Waals surface area contributed by atoms with E-state index in [1.165, 1.54) is 22.7 Å². The summed E-state index contributed by atoms with van der Waals surface area (Å²) < 4.78 is 53.0. The van der Waals surface area contributed by atoms with Crippen LogP contribution in [0.15, 0.2) is 18.2 Å². The molecule has 1 aromatic carbocycles. The van der Waals surface area contributed by atoms with Crippen LogP contribution in [0, 0.1) is 17.6 Å². The summed E-state index contributed by atoms with van der Waals surface area (Å²) in [7, 11) is -1.19. The number of halogens is 2. The fourth-order valence-electron chi connectivity index (χ4n) is 4.84. The summed E-state index contributed by atoms with van der Waals surface area (Å²) in [5.74, 6) is -0.838. The SMILES string of the molecule is CNC1CCN(CC[C@@H](c2cc(F)cc(F)c2)C2CCN(S(C)(=O)=O)CC2)CC1. The van der Waals surface area contributed by atoms with Crippen molar-refractivity contribution < 1.29 is 17.2 Å². The molecule has 1 aromatic rings. The lowest BCUT2D eigenvalue weighted by Crippen LogP contribution is -2.42. The summed E-state index contributed by atoms with van der Waals surface area (Å²) in [6, 6.07) is 4.38. The van der Waals surface area contributed by atoms with E-state index in [9.17, 15) is 17.2 Å². The molecule has 1 N–H and O–H groups in total. The van der Waals surface area contributed by atoms with E-state index in [4.69, 9.17) is 0 Å². The monoisotopic (exact) mass is 429 g/mol. The number of nitrogens with zero attached hydrogens (tertiary/aromatic N) is 2. The highest BCUT2D eigenvalue weighted by atomic mass is 32.2. The van der Waals surface area contributed by atoms with E-state index in [2.05, 4.69) is 10.2 Å². The maximum absolute atomic E-state index is 13.9. The maximum Gasteiger partial charge on any atom is 0.211 e. The number of nitrogens with one attached hydrogen (secondary N) is 1. The van der Waals surface area contributed by atoms with Crippen molar-refractivity contribution in [1.29, 1.82) is 0 Å². The molecular weight excluding hydrogens is 396 g/mol. The number of hydrogen-bond acceptors (Lipinski definition) is 4. The molecule has 3 rings (SSSR count). The van der Waals surface area contributed by atoms with Crippen LogP contribution in [0.3, 0.4) is 0 Å². The Morgan fingerprint density at radius 1 is 1.03 bits per heavy atom. The van der Waals surface area contributed by atoms with Crippen LogP contribution in [0.2, 0.25) is 0 Å². The highest BCUT2D eigenvalue weighted by molar-refractivity contribution is 7.88. The Bertz CT molecular complexity index is 754. The zero-order valence-electron chi connectivity index (χ0n) is 17.4. The van der Waals surface area contributed by atoms with Crippen molar-refractivity contribution in [2.75, 3.05) is 46.0 Å². The zero-order chi connectivity index (χ0) is 21.0. The van der Waals surface area contributed by atoms with E-state index in [1.54, 1.807) is 0 Å². The van der Waals surface area contributed by atoms with Gasteiger partial charge in [0.15, 0.2) is 0 Å². The van der Waals surface area contributed by atoms with Crippen LogP contribution >= 0.6 is 0 Å². The highest BCUT2D eigenvalue weighted by Crippen LogP contribution is 2.36. The number of benzene rings is 1. The summed E-state index contributed by atoms with van der Waals surface area (Å²) in [6.07, 6.45) is 5.73. The fourth-order valence-corrected chi connectivity index (χ4v) is 5.71. The molecule has 0 unspecified atom stereocenters. The molecule has 0 aliphatic carbocycles. The standard InChI is InChI=1S/C21H33F2N3O2S/c1-24-20-5-8-25(9-6-20)10-7-21(17-13-18(22)15-19(23)14-17)16-3-11-26(12-4-16)29(2,27)28/h13-16,20-21,24H,3-12H2,1-2H3/t21-/m1/s1. The lowest BCUT2D eigenvalue weighted by Gasteiger charge is -2.37. The third-order valence-corrected chi connectivity index (χ3v) is 7.91. The molecule has 2 aliphatic heterocycles. The van der Waals surface area contributed by atoms with Crippen molar-refractivity contribution in [3.05, 3.63) is 35.4 Å². The van der Waals surface area contributed by atoms with Crippen molar-refractivity contribution >= 4 is 10.0 Å². The highest BCUT2D eigenvalue weighted by Gasteiger charge is 2.31. The van der Waals surface area contributed by atoms with Crippen molar-refractivity contribution in [2.24, 2.45) is 5.92 Å². The molecule has 29 heavy (non-hydrogen) atoms.